The molecule has 3 heteroatoms. The van der Waals surface area contributed by atoms with Gasteiger partial charge in [0, 0.05) is 0 Å². The molecule has 0 aliphatic carbocycles. The van der Waals surface area contributed by atoms with Crippen LogP contribution < -0.4 is 0 Å². The molecule has 0 bridgehead atoms. The van der Waals surface area contributed by atoms with E-state index >= 15 is 0 Å². The maximum absolute atomic E-state index is 8.67. The SMILES string of the molecule is Cl.O=CS. The maximum atomic E-state index is 8.67. The van der Waals surface area contributed by atoms with Crippen LogP contribution in [0.3, 0.4) is 0 Å². The first-order valence-electron chi connectivity index (χ1n) is 0.494. The van der Waals surface area contributed by atoms with Gasteiger partial charge in [0.2, 0.25) is 0 Å². The second-order valence-electron chi connectivity index (χ2n) is 0.105. The summed E-state index contributed by atoms with van der Waals surface area (Å²) < 4.78 is 0. The summed E-state index contributed by atoms with van der Waals surface area (Å²) in [7, 11) is 0. The highest BCUT2D eigenvalue weighted by Crippen LogP contribution is 1.39. The van der Waals surface area contributed by atoms with E-state index in [0.29, 0.717) is 5.62 Å². The summed E-state index contributed by atoms with van der Waals surface area (Å²) in [6.07, 6.45) is 0. The Morgan fingerprint density at radius 2 is 1.75 bits per heavy atom. The quantitative estimate of drug-likeness (QED) is 0.346. The molecule has 0 N–H and O–H groups in total. The standard InChI is InChI=1S/CH2OS.ClH/c2-1-3;/h1H,(H,2,3);1H. The van der Waals surface area contributed by atoms with Crippen LogP contribution in [0.2, 0.25) is 0 Å². The molecule has 0 unspecified atom stereocenters. The van der Waals surface area contributed by atoms with E-state index in [2.05, 4.69) is 12.6 Å². The van der Waals surface area contributed by atoms with Gasteiger partial charge < -0.3 is 0 Å². The summed E-state index contributed by atoms with van der Waals surface area (Å²) in [4.78, 5) is 8.67. The van der Waals surface area contributed by atoms with Crippen molar-refractivity contribution in [2.24, 2.45) is 0 Å². The lowest BCUT2D eigenvalue weighted by molar-refractivity contribution is 0.570. The van der Waals surface area contributed by atoms with Gasteiger partial charge in [-0.15, -0.1) is 25.0 Å². The van der Waals surface area contributed by atoms with E-state index in [1.165, 1.54) is 0 Å². The molecule has 0 spiro atoms. The number of carbonyl (C=O) groups is 1. The fraction of sp³-hybridized carbons (Fsp3) is 0. The van der Waals surface area contributed by atoms with Crippen LogP contribution in [0.5, 0.6) is 0 Å². The van der Waals surface area contributed by atoms with Crippen molar-refractivity contribution >= 4 is 30.7 Å². The van der Waals surface area contributed by atoms with Crippen LogP contribution in [0.4, 0.5) is 0 Å². The molecule has 0 heterocycles. The molecule has 0 atom stereocenters. The second-order valence-corrected chi connectivity index (χ2v) is 0.316. The average molecular weight is 98.6 g/mol. The van der Waals surface area contributed by atoms with Crippen molar-refractivity contribution in [3.63, 3.8) is 0 Å². The third kappa shape index (κ3) is 41.3. The van der Waals surface area contributed by atoms with Gasteiger partial charge in [0.05, 0.1) is 0 Å². The van der Waals surface area contributed by atoms with E-state index in [1.807, 2.05) is 0 Å². The van der Waals surface area contributed by atoms with Gasteiger partial charge in [0.25, 0.3) is 0 Å². The molecule has 0 radical (unpaired) electrons. The van der Waals surface area contributed by atoms with Crippen LogP contribution in [0.15, 0.2) is 0 Å². The fourth-order valence-electron chi connectivity index (χ4n) is 0. The largest absolute Gasteiger partial charge is 0.291 e. The Morgan fingerprint density at radius 3 is 1.75 bits per heavy atom. The van der Waals surface area contributed by atoms with Crippen molar-refractivity contribution < 1.29 is 4.79 Å². The highest BCUT2D eigenvalue weighted by Gasteiger charge is 1.24. The Bertz CT molecular complexity index is 15.5. The minimum atomic E-state index is 0. The lowest BCUT2D eigenvalue weighted by Gasteiger charge is -1.24. The zero-order valence-corrected chi connectivity index (χ0v) is 3.55. The molecule has 0 fully saturated rings. The van der Waals surface area contributed by atoms with E-state index < -0.39 is 0 Å². The highest BCUT2D eigenvalue weighted by molar-refractivity contribution is 7.94. The molecule has 0 amide bonds. The van der Waals surface area contributed by atoms with Crippen molar-refractivity contribution in [2.45, 2.75) is 0 Å². The van der Waals surface area contributed by atoms with Crippen LogP contribution in [0, 0.1) is 0 Å². The first-order chi connectivity index (χ1) is 1.41. The number of halogens is 1. The van der Waals surface area contributed by atoms with Gasteiger partial charge in [-0.05, 0) is 0 Å². The monoisotopic (exact) mass is 98.0 g/mol. The molecular weight excluding hydrogens is 95.5 g/mol. The van der Waals surface area contributed by atoms with Crippen molar-refractivity contribution in [3.8, 4) is 0 Å². The van der Waals surface area contributed by atoms with Crippen molar-refractivity contribution in [1.29, 1.82) is 0 Å². The molecule has 0 aromatic carbocycles. The number of hydrogen-bond acceptors (Lipinski definition) is 1. The Labute approximate surface area is 36.2 Å². The summed E-state index contributed by atoms with van der Waals surface area (Å²) in [5.41, 5.74) is 0.444. The van der Waals surface area contributed by atoms with Crippen LogP contribution in [0.25, 0.3) is 0 Å². The third-order valence-corrected chi connectivity index (χ3v) is 0. The van der Waals surface area contributed by atoms with Crippen LogP contribution in [-0.4, -0.2) is 5.62 Å². The second kappa shape index (κ2) is 10.3. The molecule has 0 aliphatic rings. The van der Waals surface area contributed by atoms with Crippen molar-refractivity contribution in [2.75, 3.05) is 0 Å². The molecule has 0 aromatic rings. The summed E-state index contributed by atoms with van der Waals surface area (Å²) in [5, 5.41) is 0. The van der Waals surface area contributed by atoms with Gasteiger partial charge >= 0.3 is 0 Å². The predicted molar refractivity (Wildman–Crippen MR) is 23.0 cm³/mol. The van der Waals surface area contributed by atoms with Crippen LogP contribution in [0.1, 0.15) is 0 Å². The Kier molecular flexibility index (Phi) is 22.8. The molecule has 0 aliphatic heterocycles. The first kappa shape index (κ1) is 8.85. The molecule has 26 valence electrons. The molecule has 0 saturated carbocycles. The smallest absolute Gasteiger partial charge is 0.173 e. The number of rotatable bonds is 0. The van der Waals surface area contributed by atoms with Gasteiger partial charge in [-0.3, -0.25) is 4.79 Å². The zero-order valence-electron chi connectivity index (χ0n) is 1.84. The highest BCUT2D eigenvalue weighted by atomic mass is 35.5. The normalized spacial score (nSPS) is 3.25. The van der Waals surface area contributed by atoms with E-state index in [4.69, 9.17) is 4.79 Å². The average Bonchev–Trinajstić information content (AvgIpc) is 0.918. The molecule has 1 nitrogen and oxygen atoms in total. The minimum Gasteiger partial charge on any atom is -0.291 e. The Morgan fingerprint density at radius 1 is 1.75 bits per heavy atom. The van der Waals surface area contributed by atoms with Crippen molar-refractivity contribution in [3.05, 3.63) is 0 Å². The van der Waals surface area contributed by atoms with E-state index in [9.17, 15) is 0 Å². The van der Waals surface area contributed by atoms with Crippen molar-refractivity contribution in [1.82, 2.24) is 0 Å². The Hall–Kier alpha value is 0.310. The summed E-state index contributed by atoms with van der Waals surface area (Å²) >= 11 is 3.11. The zero-order chi connectivity index (χ0) is 2.71. The summed E-state index contributed by atoms with van der Waals surface area (Å²) in [5.74, 6) is 0. The Balaban J connectivity index is 0. The number of hydrogen-bond donors (Lipinski definition) is 1. The lowest BCUT2D eigenvalue weighted by atomic mass is 11.8. The van der Waals surface area contributed by atoms with E-state index in [0.717, 1.165) is 0 Å². The van der Waals surface area contributed by atoms with Gasteiger partial charge in [-0.25, -0.2) is 0 Å². The predicted octanol–water partition coefficient (Wildman–Crippen LogP) is 0.528. The topological polar surface area (TPSA) is 17.1 Å². The number of thiol groups is 1. The van der Waals surface area contributed by atoms with Crippen LogP contribution >= 0.6 is 25.0 Å². The molecule has 0 aromatic heterocycles. The third-order valence-electron chi connectivity index (χ3n) is 0. The first-order valence-corrected chi connectivity index (χ1v) is 1.01. The maximum Gasteiger partial charge on any atom is 0.173 e. The number of carbonyl (C=O) groups excluding carboxylic acids is 1. The van der Waals surface area contributed by atoms with Gasteiger partial charge in [-0.2, -0.15) is 0 Å². The summed E-state index contributed by atoms with van der Waals surface area (Å²) in [6.45, 7) is 0. The minimum absolute atomic E-state index is 0. The van der Waals surface area contributed by atoms with Gasteiger partial charge in [-0.1, -0.05) is 0 Å². The fourth-order valence-corrected chi connectivity index (χ4v) is 0. The molecule has 0 saturated heterocycles. The van der Waals surface area contributed by atoms with Crippen LogP contribution in [-0.2, 0) is 4.79 Å². The molecular formula is CH3ClOS. The summed E-state index contributed by atoms with van der Waals surface area (Å²) in [6, 6.07) is 0. The van der Waals surface area contributed by atoms with Gasteiger partial charge in [0.15, 0.2) is 5.62 Å². The molecule has 0 rings (SSSR count). The van der Waals surface area contributed by atoms with Gasteiger partial charge in [0.1, 0.15) is 0 Å². The lowest BCUT2D eigenvalue weighted by Crippen LogP contribution is -1.25. The van der Waals surface area contributed by atoms with E-state index in [1.54, 1.807) is 0 Å². The van der Waals surface area contributed by atoms with E-state index in [-0.39, 0.29) is 12.4 Å². The molecule has 4 heavy (non-hydrogen) atoms.